The maximum Gasteiger partial charge on any atom is 0.325 e. The summed E-state index contributed by atoms with van der Waals surface area (Å²) in [6.45, 7) is 1.00. The Hall–Kier alpha value is -2.81. The lowest BCUT2D eigenvalue weighted by Gasteiger charge is -2.22. The fourth-order valence-corrected chi connectivity index (χ4v) is 3.50. The van der Waals surface area contributed by atoms with Gasteiger partial charge in [0.2, 0.25) is 11.8 Å². The maximum absolute atomic E-state index is 12.6. The number of hydrogen-bond acceptors (Lipinski definition) is 5. The molecular formula is C19H23ClN4O5. The average molecular weight is 423 g/mol. The van der Waals surface area contributed by atoms with E-state index in [2.05, 4.69) is 10.6 Å². The second-order valence-corrected chi connectivity index (χ2v) is 7.88. The topological polar surface area (TPSA) is 108 Å². The first-order chi connectivity index (χ1) is 13.7. The van der Waals surface area contributed by atoms with Crippen LogP contribution in [0.1, 0.15) is 19.8 Å². The molecule has 2 aliphatic rings. The van der Waals surface area contributed by atoms with Crippen molar-refractivity contribution in [3.05, 3.63) is 23.2 Å². The van der Waals surface area contributed by atoms with E-state index >= 15 is 0 Å². The molecule has 1 heterocycles. The van der Waals surface area contributed by atoms with Gasteiger partial charge in [0, 0.05) is 12.1 Å². The Balaban J connectivity index is 1.58. The van der Waals surface area contributed by atoms with Gasteiger partial charge in [0.05, 0.1) is 19.3 Å². The maximum atomic E-state index is 12.6. The van der Waals surface area contributed by atoms with Crippen LogP contribution in [0.4, 0.5) is 10.5 Å². The number of imide groups is 1. The number of rotatable bonds is 7. The van der Waals surface area contributed by atoms with Crippen LogP contribution in [0.15, 0.2) is 18.2 Å². The molecule has 1 aliphatic carbocycles. The minimum atomic E-state index is -0.948. The Morgan fingerprint density at radius 3 is 2.69 bits per heavy atom. The van der Waals surface area contributed by atoms with E-state index in [0.717, 1.165) is 22.6 Å². The summed E-state index contributed by atoms with van der Waals surface area (Å²) < 4.78 is 5.17. The second-order valence-electron chi connectivity index (χ2n) is 7.44. The quantitative estimate of drug-likeness (QED) is 0.647. The summed E-state index contributed by atoms with van der Waals surface area (Å²) in [7, 11) is 2.89. The highest BCUT2D eigenvalue weighted by Gasteiger charge is 2.56. The first-order valence-corrected chi connectivity index (χ1v) is 9.55. The van der Waals surface area contributed by atoms with E-state index in [1.807, 2.05) is 0 Å². The van der Waals surface area contributed by atoms with Gasteiger partial charge in [-0.3, -0.25) is 19.3 Å². The van der Waals surface area contributed by atoms with Gasteiger partial charge in [0.1, 0.15) is 17.8 Å². The number of anilines is 1. The van der Waals surface area contributed by atoms with Crippen LogP contribution in [0.5, 0.6) is 5.75 Å². The van der Waals surface area contributed by atoms with Crippen molar-refractivity contribution < 1.29 is 23.9 Å². The van der Waals surface area contributed by atoms with E-state index in [1.165, 1.54) is 20.2 Å². The normalized spacial score (nSPS) is 21.0. The lowest BCUT2D eigenvalue weighted by Crippen LogP contribution is -2.47. The number of hydrogen-bond donors (Lipinski definition) is 2. The predicted molar refractivity (Wildman–Crippen MR) is 106 cm³/mol. The third-order valence-corrected chi connectivity index (χ3v) is 5.47. The molecule has 1 aromatic carbocycles. The van der Waals surface area contributed by atoms with Crippen molar-refractivity contribution >= 4 is 41.0 Å². The Kier molecular flexibility index (Phi) is 5.70. The smallest absolute Gasteiger partial charge is 0.325 e. The summed E-state index contributed by atoms with van der Waals surface area (Å²) in [5, 5.41) is 5.74. The molecule has 1 aliphatic heterocycles. The molecule has 156 valence electrons. The van der Waals surface area contributed by atoms with Gasteiger partial charge in [0.15, 0.2) is 0 Å². The van der Waals surface area contributed by atoms with Crippen LogP contribution in [-0.4, -0.2) is 66.3 Å². The number of likely N-dealkylation sites (N-methyl/N-ethyl adjacent to an activating group) is 1. The molecule has 10 heteroatoms. The molecule has 29 heavy (non-hydrogen) atoms. The molecule has 1 saturated heterocycles. The number of carbonyl (C=O) groups excluding carboxylic acids is 4. The Morgan fingerprint density at radius 2 is 2.07 bits per heavy atom. The lowest BCUT2D eigenvalue weighted by atomic mass is 9.96. The fraction of sp³-hybridized carbons (Fsp3) is 0.474. The third kappa shape index (κ3) is 4.29. The predicted octanol–water partition coefficient (Wildman–Crippen LogP) is 1.47. The van der Waals surface area contributed by atoms with Crippen LogP contribution in [0.2, 0.25) is 5.02 Å². The Labute approximate surface area is 173 Å². The van der Waals surface area contributed by atoms with Crippen molar-refractivity contribution in [2.75, 3.05) is 32.6 Å². The molecule has 1 aromatic rings. The van der Waals surface area contributed by atoms with E-state index in [1.54, 1.807) is 19.1 Å². The number of urea groups is 1. The van der Waals surface area contributed by atoms with Crippen LogP contribution >= 0.6 is 11.6 Å². The molecule has 5 amide bonds. The summed E-state index contributed by atoms with van der Waals surface area (Å²) in [6, 6.07) is 4.19. The SMILES string of the molecule is COc1ccc(Cl)cc1NC(=O)CN(C)C(=O)CN1C(=O)NC(C)(C2CC2)C1=O. The number of amides is 5. The third-order valence-electron chi connectivity index (χ3n) is 5.23. The van der Waals surface area contributed by atoms with Gasteiger partial charge in [-0.05, 0) is 43.9 Å². The molecule has 2 N–H and O–H groups in total. The zero-order chi connectivity index (χ0) is 21.3. The van der Waals surface area contributed by atoms with E-state index in [0.29, 0.717) is 16.5 Å². The van der Waals surface area contributed by atoms with Crippen LogP contribution in [-0.2, 0) is 14.4 Å². The Morgan fingerprint density at radius 1 is 1.38 bits per heavy atom. The number of nitrogens with zero attached hydrogens (tertiary/aromatic N) is 2. The van der Waals surface area contributed by atoms with Crippen molar-refractivity contribution in [1.82, 2.24) is 15.1 Å². The number of methoxy groups -OCH3 is 1. The molecule has 1 saturated carbocycles. The zero-order valence-corrected chi connectivity index (χ0v) is 17.2. The zero-order valence-electron chi connectivity index (χ0n) is 16.5. The van der Waals surface area contributed by atoms with Gasteiger partial charge in [-0.1, -0.05) is 11.6 Å². The van der Waals surface area contributed by atoms with Gasteiger partial charge >= 0.3 is 6.03 Å². The van der Waals surface area contributed by atoms with Crippen LogP contribution in [0, 0.1) is 5.92 Å². The number of nitrogens with one attached hydrogen (secondary N) is 2. The summed E-state index contributed by atoms with van der Waals surface area (Å²) >= 11 is 5.94. The van der Waals surface area contributed by atoms with E-state index in [4.69, 9.17) is 16.3 Å². The largest absolute Gasteiger partial charge is 0.495 e. The van der Waals surface area contributed by atoms with E-state index in [-0.39, 0.29) is 12.5 Å². The van der Waals surface area contributed by atoms with Gasteiger partial charge in [0.25, 0.3) is 5.91 Å². The van der Waals surface area contributed by atoms with Crippen LogP contribution in [0.3, 0.4) is 0 Å². The van der Waals surface area contributed by atoms with Crippen LogP contribution < -0.4 is 15.4 Å². The molecular weight excluding hydrogens is 400 g/mol. The number of carbonyl (C=O) groups is 4. The minimum absolute atomic E-state index is 0.107. The number of benzene rings is 1. The summed E-state index contributed by atoms with van der Waals surface area (Å²) in [6.07, 6.45) is 1.74. The standard InChI is InChI=1S/C19H23ClN4O5/c1-19(11-4-5-11)17(27)24(18(28)22-19)10-16(26)23(2)9-15(25)21-13-8-12(20)6-7-14(13)29-3/h6-8,11H,4-5,9-10H2,1-3H3,(H,21,25)(H,22,28). The first kappa shape index (κ1) is 20.9. The van der Waals surface area contributed by atoms with Crippen molar-refractivity contribution in [3.8, 4) is 5.75 Å². The molecule has 0 aromatic heterocycles. The first-order valence-electron chi connectivity index (χ1n) is 9.17. The molecule has 0 bridgehead atoms. The lowest BCUT2D eigenvalue weighted by molar-refractivity contribution is -0.139. The van der Waals surface area contributed by atoms with E-state index < -0.39 is 35.8 Å². The highest BCUT2D eigenvalue weighted by atomic mass is 35.5. The van der Waals surface area contributed by atoms with Crippen molar-refractivity contribution in [1.29, 1.82) is 0 Å². The number of ether oxygens (including phenoxy) is 1. The molecule has 1 atom stereocenters. The average Bonchev–Trinajstić information content (AvgIpc) is 3.47. The molecule has 3 rings (SSSR count). The summed E-state index contributed by atoms with van der Waals surface area (Å²) in [4.78, 5) is 51.6. The highest BCUT2D eigenvalue weighted by Crippen LogP contribution is 2.42. The monoisotopic (exact) mass is 422 g/mol. The summed E-state index contributed by atoms with van der Waals surface area (Å²) in [5.74, 6) is -0.867. The van der Waals surface area contributed by atoms with Crippen LogP contribution in [0.25, 0.3) is 0 Å². The van der Waals surface area contributed by atoms with E-state index in [9.17, 15) is 19.2 Å². The molecule has 0 spiro atoms. The van der Waals surface area contributed by atoms with Crippen molar-refractivity contribution in [2.24, 2.45) is 5.92 Å². The highest BCUT2D eigenvalue weighted by molar-refractivity contribution is 6.31. The molecule has 1 unspecified atom stereocenters. The molecule has 2 fully saturated rings. The minimum Gasteiger partial charge on any atom is -0.495 e. The van der Waals surface area contributed by atoms with Crippen molar-refractivity contribution in [3.63, 3.8) is 0 Å². The Bertz CT molecular complexity index is 872. The van der Waals surface area contributed by atoms with Crippen molar-refractivity contribution in [2.45, 2.75) is 25.3 Å². The fourth-order valence-electron chi connectivity index (χ4n) is 3.32. The second kappa shape index (κ2) is 7.90. The van der Waals surface area contributed by atoms with Gasteiger partial charge in [-0.25, -0.2) is 4.79 Å². The molecule has 9 nitrogen and oxygen atoms in total. The van der Waals surface area contributed by atoms with Gasteiger partial charge in [-0.15, -0.1) is 0 Å². The number of halogens is 1. The van der Waals surface area contributed by atoms with Gasteiger partial charge in [-0.2, -0.15) is 0 Å². The van der Waals surface area contributed by atoms with Gasteiger partial charge < -0.3 is 20.3 Å². The molecule has 0 radical (unpaired) electrons. The summed E-state index contributed by atoms with van der Waals surface area (Å²) in [5.41, 5.74) is -0.573.